The Kier molecular flexibility index (Phi) is 5.30. The van der Waals surface area contributed by atoms with Gasteiger partial charge in [0.25, 0.3) is 0 Å². The monoisotopic (exact) mass is 334 g/mol. The Labute approximate surface area is 140 Å². The first-order chi connectivity index (χ1) is 11.2. The van der Waals surface area contributed by atoms with Gasteiger partial charge in [0, 0.05) is 31.6 Å². The van der Waals surface area contributed by atoms with Crippen molar-refractivity contribution in [1.82, 2.24) is 15.2 Å². The van der Waals surface area contributed by atoms with E-state index in [2.05, 4.69) is 25.5 Å². The highest BCUT2D eigenvalue weighted by atomic mass is 32.1. The van der Waals surface area contributed by atoms with E-state index in [1.807, 2.05) is 19.1 Å². The molecule has 0 saturated carbocycles. The molecule has 1 aliphatic rings. The number of hydrogen-bond donors (Lipinski definition) is 1. The molecule has 1 aliphatic heterocycles. The Hall–Kier alpha value is -1.86. The lowest BCUT2D eigenvalue weighted by atomic mass is 10.3. The summed E-state index contributed by atoms with van der Waals surface area (Å²) in [6.45, 7) is 6.64. The summed E-state index contributed by atoms with van der Waals surface area (Å²) in [6.07, 6.45) is 2.66. The smallest absolute Gasteiger partial charge is 0.234 e. The van der Waals surface area contributed by atoms with Gasteiger partial charge in [-0.1, -0.05) is 0 Å². The van der Waals surface area contributed by atoms with E-state index >= 15 is 0 Å². The fourth-order valence-corrected chi connectivity index (χ4v) is 3.52. The van der Waals surface area contributed by atoms with E-state index in [1.165, 1.54) is 0 Å². The Bertz CT molecular complexity index is 626. The van der Waals surface area contributed by atoms with Crippen molar-refractivity contribution in [3.63, 3.8) is 0 Å². The van der Waals surface area contributed by atoms with Crippen LogP contribution in [0.3, 0.4) is 0 Å². The molecule has 0 unspecified atom stereocenters. The average Bonchev–Trinajstić information content (AvgIpc) is 3.14. The van der Waals surface area contributed by atoms with Gasteiger partial charge in [-0.25, -0.2) is 4.98 Å². The second-order valence-electron chi connectivity index (χ2n) is 5.74. The maximum Gasteiger partial charge on any atom is 0.234 e. The third-order valence-corrected chi connectivity index (χ3v) is 4.89. The van der Waals surface area contributed by atoms with Crippen LogP contribution in [0, 0.1) is 6.92 Å². The zero-order chi connectivity index (χ0) is 16.1. The molecular formula is C16H22N4O2S. The van der Waals surface area contributed by atoms with Crippen LogP contribution in [0.5, 0.6) is 0 Å². The first kappa shape index (κ1) is 16.0. The van der Waals surface area contributed by atoms with Crippen molar-refractivity contribution in [2.24, 2.45) is 0 Å². The lowest BCUT2D eigenvalue weighted by molar-refractivity contribution is -0.122. The van der Waals surface area contributed by atoms with Gasteiger partial charge in [0.05, 0.1) is 25.0 Å². The number of carbonyl (C=O) groups is 1. The first-order valence-electron chi connectivity index (χ1n) is 7.89. The number of nitrogens with one attached hydrogen (secondary N) is 1. The predicted molar refractivity (Wildman–Crippen MR) is 90.7 cm³/mol. The lowest BCUT2D eigenvalue weighted by Crippen LogP contribution is -2.39. The number of aromatic nitrogens is 1. The summed E-state index contributed by atoms with van der Waals surface area (Å²) in [5, 5.41) is 6.07. The van der Waals surface area contributed by atoms with Crippen LogP contribution in [0.15, 0.2) is 28.2 Å². The van der Waals surface area contributed by atoms with Gasteiger partial charge >= 0.3 is 0 Å². The molecule has 0 spiro atoms. The van der Waals surface area contributed by atoms with E-state index in [4.69, 9.17) is 4.42 Å². The minimum atomic E-state index is 0.0416. The van der Waals surface area contributed by atoms with Gasteiger partial charge in [0.1, 0.15) is 5.76 Å². The van der Waals surface area contributed by atoms with Crippen molar-refractivity contribution in [3.05, 3.63) is 35.2 Å². The molecule has 124 valence electrons. The molecule has 1 saturated heterocycles. The molecule has 0 atom stereocenters. The van der Waals surface area contributed by atoms with Gasteiger partial charge in [-0.15, -0.1) is 11.3 Å². The first-order valence-corrected chi connectivity index (χ1v) is 8.77. The van der Waals surface area contributed by atoms with Gasteiger partial charge in [-0.2, -0.15) is 0 Å². The second-order valence-corrected chi connectivity index (χ2v) is 6.58. The molecule has 1 N–H and O–H groups in total. The number of aryl methyl sites for hydroxylation is 1. The van der Waals surface area contributed by atoms with Crippen LogP contribution in [0.4, 0.5) is 5.13 Å². The van der Waals surface area contributed by atoms with Crippen LogP contribution >= 0.6 is 11.3 Å². The molecule has 23 heavy (non-hydrogen) atoms. The summed E-state index contributed by atoms with van der Waals surface area (Å²) >= 11 is 1.69. The number of amides is 1. The van der Waals surface area contributed by atoms with Crippen molar-refractivity contribution in [2.75, 3.05) is 37.6 Å². The van der Waals surface area contributed by atoms with Crippen LogP contribution in [0.1, 0.15) is 17.9 Å². The Morgan fingerprint density at radius 3 is 3.04 bits per heavy atom. The largest absolute Gasteiger partial charge is 0.467 e. The van der Waals surface area contributed by atoms with Gasteiger partial charge in [-0.05, 0) is 25.5 Å². The van der Waals surface area contributed by atoms with Crippen LogP contribution in [-0.2, 0) is 11.3 Å². The Morgan fingerprint density at radius 1 is 1.39 bits per heavy atom. The van der Waals surface area contributed by atoms with Crippen LogP contribution in [0.2, 0.25) is 0 Å². The Balaban J connectivity index is 1.45. The molecule has 2 aromatic rings. The number of furan rings is 1. The van der Waals surface area contributed by atoms with Crippen molar-refractivity contribution in [1.29, 1.82) is 0 Å². The topological polar surface area (TPSA) is 61.6 Å². The molecule has 3 rings (SSSR count). The number of carbonyl (C=O) groups excluding carboxylic acids is 1. The maximum atomic E-state index is 12.1. The molecule has 0 bridgehead atoms. The summed E-state index contributed by atoms with van der Waals surface area (Å²) < 4.78 is 5.22. The third kappa shape index (κ3) is 4.56. The summed E-state index contributed by atoms with van der Waals surface area (Å²) in [7, 11) is 0. The zero-order valence-corrected chi connectivity index (χ0v) is 14.1. The highest BCUT2D eigenvalue weighted by Crippen LogP contribution is 2.21. The number of anilines is 1. The molecule has 2 aromatic heterocycles. The predicted octanol–water partition coefficient (Wildman–Crippen LogP) is 1.87. The third-order valence-electron chi connectivity index (χ3n) is 3.87. The van der Waals surface area contributed by atoms with E-state index in [-0.39, 0.29) is 5.91 Å². The van der Waals surface area contributed by atoms with Crippen LogP contribution in [-0.4, -0.2) is 48.5 Å². The van der Waals surface area contributed by atoms with E-state index < -0.39 is 0 Å². The second kappa shape index (κ2) is 7.61. The normalized spacial score (nSPS) is 16.3. The average molecular weight is 334 g/mol. The Morgan fingerprint density at radius 2 is 2.30 bits per heavy atom. The molecule has 1 fully saturated rings. The minimum absolute atomic E-state index is 0.0416. The molecule has 0 aromatic carbocycles. The quantitative estimate of drug-likeness (QED) is 0.904. The van der Waals surface area contributed by atoms with Gasteiger partial charge in [-0.3, -0.25) is 9.69 Å². The maximum absolute atomic E-state index is 12.1. The highest BCUT2D eigenvalue weighted by molar-refractivity contribution is 7.13. The van der Waals surface area contributed by atoms with E-state index in [0.717, 1.165) is 49.2 Å². The molecule has 1 amide bonds. The highest BCUT2D eigenvalue weighted by Gasteiger charge is 2.18. The number of hydrogen-bond acceptors (Lipinski definition) is 6. The van der Waals surface area contributed by atoms with E-state index in [9.17, 15) is 4.79 Å². The van der Waals surface area contributed by atoms with Gasteiger partial charge < -0.3 is 14.6 Å². The lowest BCUT2D eigenvalue weighted by Gasteiger charge is -2.21. The molecule has 0 aliphatic carbocycles. The van der Waals surface area contributed by atoms with Crippen LogP contribution in [0.25, 0.3) is 0 Å². The van der Waals surface area contributed by atoms with Crippen molar-refractivity contribution < 1.29 is 9.21 Å². The summed E-state index contributed by atoms with van der Waals surface area (Å²) in [5.41, 5.74) is 1.07. The molecule has 3 heterocycles. The van der Waals surface area contributed by atoms with Gasteiger partial charge in [0.2, 0.25) is 5.91 Å². The van der Waals surface area contributed by atoms with E-state index in [1.54, 1.807) is 17.6 Å². The molecular weight excluding hydrogens is 312 g/mol. The van der Waals surface area contributed by atoms with Crippen molar-refractivity contribution >= 4 is 22.4 Å². The summed E-state index contributed by atoms with van der Waals surface area (Å²) in [6, 6.07) is 3.69. The SMILES string of the molecule is Cc1csc(N2CCCN(CC(=O)NCc3ccco3)CC2)n1. The van der Waals surface area contributed by atoms with Crippen molar-refractivity contribution in [3.8, 4) is 0 Å². The summed E-state index contributed by atoms with van der Waals surface area (Å²) in [4.78, 5) is 21.1. The van der Waals surface area contributed by atoms with Gasteiger partial charge in [0.15, 0.2) is 5.13 Å². The fraction of sp³-hybridized carbons (Fsp3) is 0.500. The van der Waals surface area contributed by atoms with Crippen LogP contribution < -0.4 is 10.2 Å². The molecule has 6 nitrogen and oxygen atoms in total. The standard InChI is InChI=1S/C16H22N4O2S/c1-13-12-23-16(18-13)20-6-3-5-19(7-8-20)11-15(21)17-10-14-4-2-9-22-14/h2,4,9,12H,3,5-8,10-11H2,1H3,(H,17,21). The molecule has 7 heteroatoms. The molecule has 0 radical (unpaired) electrons. The van der Waals surface area contributed by atoms with E-state index in [0.29, 0.717) is 13.1 Å². The number of thiazole rings is 1. The number of rotatable bonds is 5. The summed E-state index contributed by atoms with van der Waals surface area (Å²) in [5.74, 6) is 0.819. The van der Waals surface area contributed by atoms with Crippen molar-refractivity contribution in [2.45, 2.75) is 19.9 Å². The zero-order valence-electron chi connectivity index (χ0n) is 13.3. The minimum Gasteiger partial charge on any atom is -0.467 e. The fourth-order valence-electron chi connectivity index (χ4n) is 2.66. The number of nitrogens with zero attached hydrogens (tertiary/aromatic N) is 3.